The Balaban J connectivity index is 2.41. The van der Waals surface area contributed by atoms with Gasteiger partial charge >= 0.3 is 0 Å². The lowest BCUT2D eigenvalue weighted by atomic mass is 10.2. The maximum Gasteiger partial charge on any atom is 0.262 e. The molecular formula is C13H11Cl2NO3S. The van der Waals surface area contributed by atoms with Crippen LogP contribution in [0.5, 0.6) is 0 Å². The molecule has 0 heterocycles. The smallest absolute Gasteiger partial charge is 0.262 e. The second-order valence-electron chi connectivity index (χ2n) is 4.03. The Labute approximate surface area is 127 Å². The Hall–Kier alpha value is -1.27. The molecule has 2 aromatic rings. The van der Waals surface area contributed by atoms with E-state index in [0.29, 0.717) is 15.6 Å². The summed E-state index contributed by atoms with van der Waals surface area (Å²) in [6.45, 7) is -0.368. The summed E-state index contributed by atoms with van der Waals surface area (Å²) in [5, 5.41) is 9.85. The number of hydrogen-bond acceptors (Lipinski definition) is 3. The molecule has 0 aliphatic heterocycles. The molecule has 7 heteroatoms. The summed E-state index contributed by atoms with van der Waals surface area (Å²) >= 11 is 11.6. The topological polar surface area (TPSA) is 66.4 Å². The van der Waals surface area contributed by atoms with Gasteiger partial charge in [0.1, 0.15) is 0 Å². The molecule has 2 rings (SSSR count). The van der Waals surface area contributed by atoms with E-state index in [9.17, 15) is 13.5 Å². The zero-order chi connectivity index (χ0) is 14.8. The predicted octanol–water partition coefficient (Wildman–Crippen LogP) is 3.29. The van der Waals surface area contributed by atoms with Crippen LogP contribution in [0, 0.1) is 0 Å². The van der Waals surface area contributed by atoms with Crippen molar-refractivity contribution in [2.75, 3.05) is 4.72 Å². The van der Waals surface area contributed by atoms with Gasteiger partial charge in [-0.15, -0.1) is 0 Å². The van der Waals surface area contributed by atoms with Crippen molar-refractivity contribution < 1.29 is 13.5 Å². The van der Waals surface area contributed by atoms with Gasteiger partial charge in [-0.25, -0.2) is 8.42 Å². The number of nitrogens with one attached hydrogen (secondary N) is 1. The van der Waals surface area contributed by atoms with E-state index in [1.54, 1.807) is 18.2 Å². The van der Waals surface area contributed by atoms with Gasteiger partial charge in [0.05, 0.1) is 17.2 Å². The second-order valence-corrected chi connectivity index (χ2v) is 6.55. The summed E-state index contributed by atoms with van der Waals surface area (Å²) in [6, 6.07) is 10.6. The second kappa shape index (κ2) is 6.01. The number of aliphatic hydroxyl groups is 1. The van der Waals surface area contributed by atoms with Gasteiger partial charge in [0.2, 0.25) is 0 Å². The van der Waals surface area contributed by atoms with Crippen LogP contribution in [0.4, 0.5) is 5.69 Å². The first-order chi connectivity index (χ1) is 9.42. The standard InChI is InChI=1S/C13H11Cl2NO3S/c14-10-5-11(15)7-12(6-10)16-20(18,19)13-4-2-1-3-9(13)8-17/h1-7,16-17H,8H2. The molecule has 0 aromatic heterocycles. The van der Waals surface area contributed by atoms with Gasteiger partial charge in [0.25, 0.3) is 10.0 Å². The molecule has 0 spiro atoms. The molecule has 0 aliphatic rings. The Morgan fingerprint density at radius 1 is 1.05 bits per heavy atom. The van der Waals surface area contributed by atoms with E-state index in [1.807, 2.05) is 0 Å². The zero-order valence-corrected chi connectivity index (χ0v) is 12.5. The van der Waals surface area contributed by atoms with Crippen LogP contribution in [0.25, 0.3) is 0 Å². The van der Waals surface area contributed by atoms with E-state index in [0.717, 1.165) is 0 Å². The van der Waals surface area contributed by atoms with Crippen LogP contribution in [0.15, 0.2) is 47.4 Å². The van der Waals surface area contributed by atoms with Gasteiger partial charge in [-0.3, -0.25) is 4.72 Å². The molecule has 0 radical (unpaired) electrons. The third-order valence-corrected chi connectivity index (χ3v) is 4.47. The molecule has 20 heavy (non-hydrogen) atoms. The Morgan fingerprint density at radius 2 is 1.65 bits per heavy atom. The van der Waals surface area contributed by atoms with E-state index in [1.165, 1.54) is 24.3 Å². The summed E-state index contributed by atoms with van der Waals surface area (Å²) in [7, 11) is -3.82. The lowest BCUT2D eigenvalue weighted by Crippen LogP contribution is -2.15. The number of hydrogen-bond donors (Lipinski definition) is 2. The molecule has 2 aromatic carbocycles. The van der Waals surface area contributed by atoms with Crippen molar-refractivity contribution in [2.24, 2.45) is 0 Å². The highest BCUT2D eigenvalue weighted by molar-refractivity contribution is 7.92. The Morgan fingerprint density at radius 3 is 2.25 bits per heavy atom. The SMILES string of the molecule is O=S(=O)(Nc1cc(Cl)cc(Cl)c1)c1ccccc1CO. The number of sulfonamides is 1. The highest BCUT2D eigenvalue weighted by Gasteiger charge is 2.18. The molecule has 106 valence electrons. The first kappa shape index (κ1) is 15.1. The minimum Gasteiger partial charge on any atom is -0.392 e. The van der Waals surface area contributed by atoms with Gasteiger partial charge in [-0.05, 0) is 29.8 Å². The highest BCUT2D eigenvalue weighted by Crippen LogP contribution is 2.25. The summed E-state index contributed by atoms with van der Waals surface area (Å²) in [4.78, 5) is 0.0126. The van der Waals surface area contributed by atoms with E-state index < -0.39 is 10.0 Å². The summed E-state index contributed by atoms with van der Waals surface area (Å²) in [5.41, 5.74) is 0.573. The fraction of sp³-hybridized carbons (Fsp3) is 0.0769. The monoisotopic (exact) mass is 331 g/mol. The number of halogens is 2. The van der Waals surface area contributed by atoms with Crippen molar-refractivity contribution in [1.29, 1.82) is 0 Å². The van der Waals surface area contributed by atoms with Crippen LogP contribution >= 0.6 is 23.2 Å². The van der Waals surface area contributed by atoms with Crippen molar-refractivity contribution in [3.63, 3.8) is 0 Å². The average molecular weight is 332 g/mol. The van der Waals surface area contributed by atoms with Crippen LogP contribution in [0.2, 0.25) is 10.0 Å². The third-order valence-electron chi connectivity index (χ3n) is 2.55. The molecule has 2 N–H and O–H groups in total. The van der Waals surface area contributed by atoms with Crippen LogP contribution in [-0.4, -0.2) is 13.5 Å². The van der Waals surface area contributed by atoms with Crippen LogP contribution in [-0.2, 0) is 16.6 Å². The lowest BCUT2D eigenvalue weighted by Gasteiger charge is -2.11. The summed E-state index contributed by atoms with van der Waals surface area (Å²) in [5.74, 6) is 0. The van der Waals surface area contributed by atoms with Gasteiger partial charge in [-0.2, -0.15) is 0 Å². The van der Waals surface area contributed by atoms with Gasteiger partial charge in [0, 0.05) is 10.0 Å². The molecular weight excluding hydrogens is 321 g/mol. The van der Waals surface area contributed by atoms with Crippen LogP contribution in [0.1, 0.15) is 5.56 Å². The molecule has 0 atom stereocenters. The third kappa shape index (κ3) is 3.43. The molecule has 0 bridgehead atoms. The zero-order valence-electron chi connectivity index (χ0n) is 10.2. The number of anilines is 1. The van der Waals surface area contributed by atoms with Crippen molar-refractivity contribution >= 4 is 38.9 Å². The first-order valence-electron chi connectivity index (χ1n) is 5.60. The maximum absolute atomic E-state index is 12.3. The minimum absolute atomic E-state index is 0.0126. The molecule has 0 saturated carbocycles. The molecule has 0 saturated heterocycles. The fourth-order valence-corrected chi connectivity index (χ4v) is 3.52. The minimum atomic E-state index is -3.82. The fourth-order valence-electron chi connectivity index (χ4n) is 1.72. The van der Waals surface area contributed by atoms with Gasteiger partial charge < -0.3 is 5.11 Å². The van der Waals surface area contributed by atoms with E-state index in [2.05, 4.69) is 4.72 Å². The van der Waals surface area contributed by atoms with Crippen molar-refractivity contribution in [1.82, 2.24) is 0 Å². The van der Waals surface area contributed by atoms with E-state index in [4.69, 9.17) is 23.2 Å². The molecule has 0 fully saturated rings. The molecule has 0 amide bonds. The lowest BCUT2D eigenvalue weighted by molar-refractivity contribution is 0.278. The van der Waals surface area contributed by atoms with E-state index >= 15 is 0 Å². The number of benzene rings is 2. The van der Waals surface area contributed by atoms with Crippen LogP contribution < -0.4 is 4.72 Å². The Kier molecular flexibility index (Phi) is 4.55. The summed E-state index contributed by atoms with van der Waals surface area (Å²) < 4.78 is 27.0. The molecule has 4 nitrogen and oxygen atoms in total. The largest absolute Gasteiger partial charge is 0.392 e. The van der Waals surface area contributed by atoms with Crippen molar-refractivity contribution in [3.8, 4) is 0 Å². The van der Waals surface area contributed by atoms with Crippen LogP contribution in [0.3, 0.4) is 0 Å². The van der Waals surface area contributed by atoms with Crippen molar-refractivity contribution in [3.05, 3.63) is 58.1 Å². The Bertz CT molecular complexity index is 712. The predicted molar refractivity (Wildman–Crippen MR) is 79.6 cm³/mol. The van der Waals surface area contributed by atoms with E-state index in [-0.39, 0.29) is 17.2 Å². The maximum atomic E-state index is 12.3. The average Bonchev–Trinajstić information content (AvgIpc) is 2.36. The first-order valence-corrected chi connectivity index (χ1v) is 7.84. The molecule has 0 unspecified atom stereocenters. The van der Waals surface area contributed by atoms with Gasteiger partial charge in [-0.1, -0.05) is 41.4 Å². The quantitative estimate of drug-likeness (QED) is 0.903. The summed E-state index contributed by atoms with van der Waals surface area (Å²) in [6.07, 6.45) is 0. The number of aliphatic hydroxyl groups excluding tert-OH is 1. The van der Waals surface area contributed by atoms with Gasteiger partial charge in [0.15, 0.2) is 0 Å². The molecule has 0 aliphatic carbocycles. The highest BCUT2D eigenvalue weighted by atomic mass is 35.5. The number of rotatable bonds is 4. The van der Waals surface area contributed by atoms with Crippen molar-refractivity contribution in [2.45, 2.75) is 11.5 Å². The normalized spacial score (nSPS) is 11.3.